The third-order valence-electron chi connectivity index (χ3n) is 5.82. The lowest BCUT2D eigenvalue weighted by molar-refractivity contribution is -0.136. The molecule has 0 unspecified atom stereocenters. The molecule has 1 fully saturated rings. The number of amides is 2. The standard InChI is InChI=1S/C22H25N3O4/c1-15(26)23-11-20-17-10-16(19-8-5-9-21(27)25(19)20)12-24(13-17)22(28)14-29-18-6-3-2-4-7-18/h2-9,16-17,20H,10-14H2,1H3,(H,23,26)/t16-,17+,20+/m1/s1. The Hall–Kier alpha value is -3.09. The van der Waals surface area contributed by atoms with Crippen LogP contribution in [0.3, 0.4) is 0 Å². The van der Waals surface area contributed by atoms with E-state index in [9.17, 15) is 14.4 Å². The first-order valence-electron chi connectivity index (χ1n) is 9.94. The fourth-order valence-electron chi connectivity index (χ4n) is 4.51. The van der Waals surface area contributed by atoms with Crippen LogP contribution in [0.4, 0.5) is 0 Å². The van der Waals surface area contributed by atoms with Crippen LogP contribution >= 0.6 is 0 Å². The summed E-state index contributed by atoms with van der Waals surface area (Å²) >= 11 is 0. The van der Waals surface area contributed by atoms with Gasteiger partial charge in [-0.05, 0) is 30.5 Å². The second-order valence-corrected chi connectivity index (χ2v) is 7.76. The number of rotatable bonds is 5. The zero-order chi connectivity index (χ0) is 20.4. The third-order valence-corrected chi connectivity index (χ3v) is 5.82. The molecule has 0 radical (unpaired) electrons. The van der Waals surface area contributed by atoms with Crippen molar-refractivity contribution in [2.75, 3.05) is 26.2 Å². The van der Waals surface area contributed by atoms with Gasteiger partial charge in [-0.2, -0.15) is 0 Å². The second kappa shape index (κ2) is 8.11. The number of fused-ring (bicyclic) bond motifs is 4. The van der Waals surface area contributed by atoms with Crippen LogP contribution in [-0.2, 0) is 9.59 Å². The van der Waals surface area contributed by atoms with E-state index >= 15 is 0 Å². The maximum absolute atomic E-state index is 12.8. The Bertz CT molecular complexity index is 956. The number of piperidine rings is 1. The van der Waals surface area contributed by atoms with Gasteiger partial charge in [0.2, 0.25) is 5.91 Å². The van der Waals surface area contributed by atoms with Crippen molar-refractivity contribution in [3.63, 3.8) is 0 Å². The number of carbonyl (C=O) groups is 2. The smallest absolute Gasteiger partial charge is 0.260 e. The molecule has 1 saturated heterocycles. The number of benzene rings is 1. The number of aromatic nitrogens is 1. The largest absolute Gasteiger partial charge is 0.484 e. The number of hydrogen-bond acceptors (Lipinski definition) is 4. The highest BCUT2D eigenvalue weighted by atomic mass is 16.5. The molecule has 1 aromatic heterocycles. The summed E-state index contributed by atoms with van der Waals surface area (Å²) in [5.41, 5.74) is 0.880. The molecule has 0 aliphatic carbocycles. The predicted octanol–water partition coefficient (Wildman–Crippen LogP) is 1.55. The number of ether oxygens (including phenoxy) is 1. The lowest BCUT2D eigenvalue weighted by atomic mass is 9.78. The van der Waals surface area contributed by atoms with Crippen LogP contribution in [0.15, 0.2) is 53.3 Å². The topological polar surface area (TPSA) is 80.6 Å². The quantitative estimate of drug-likeness (QED) is 0.833. The number of pyridine rings is 1. The van der Waals surface area contributed by atoms with Gasteiger partial charge < -0.3 is 19.5 Å². The van der Waals surface area contributed by atoms with E-state index < -0.39 is 0 Å². The van der Waals surface area contributed by atoms with Gasteiger partial charge in [0.05, 0.1) is 6.04 Å². The van der Waals surface area contributed by atoms with E-state index in [0.717, 1.165) is 12.1 Å². The average Bonchev–Trinajstić information content (AvgIpc) is 2.73. The summed E-state index contributed by atoms with van der Waals surface area (Å²) in [6.45, 7) is 2.97. The molecule has 152 valence electrons. The van der Waals surface area contributed by atoms with Crippen LogP contribution < -0.4 is 15.6 Å². The number of para-hydroxylation sites is 1. The normalized spacial score (nSPS) is 22.5. The van der Waals surface area contributed by atoms with Crippen LogP contribution in [-0.4, -0.2) is 47.5 Å². The average molecular weight is 395 g/mol. The van der Waals surface area contributed by atoms with E-state index in [0.29, 0.717) is 25.4 Å². The summed E-state index contributed by atoms with van der Waals surface area (Å²) in [6, 6.07) is 14.4. The first-order chi connectivity index (χ1) is 14.0. The van der Waals surface area contributed by atoms with Crippen molar-refractivity contribution in [1.82, 2.24) is 14.8 Å². The summed E-state index contributed by atoms with van der Waals surface area (Å²) in [7, 11) is 0. The first kappa shape index (κ1) is 19.2. The lowest BCUT2D eigenvalue weighted by Crippen LogP contribution is -2.53. The second-order valence-electron chi connectivity index (χ2n) is 7.76. The summed E-state index contributed by atoms with van der Waals surface area (Å²) in [6.07, 6.45) is 0.900. The lowest BCUT2D eigenvalue weighted by Gasteiger charge is -2.47. The molecular weight excluding hydrogens is 370 g/mol. The summed E-state index contributed by atoms with van der Waals surface area (Å²) < 4.78 is 7.45. The fourth-order valence-corrected chi connectivity index (χ4v) is 4.51. The van der Waals surface area contributed by atoms with E-state index in [1.165, 1.54) is 6.92 Å². The van der Waals surface area contributed by atoms with E-state index in [1.807, 2.05) is 45.9 Å². The molecule has 1 N–H and O–H groups in total. The predicted molar refractivity (Wildman–Crippen MR) is 108 cm³/mol. The highest BCUT2D eigenvalue weighted by Gasteiger charge is 2.41. The molecule has 29 heavy (non-hydrogen) atoms. The van der Waals surface area contributed by atoms with Crippen molar-refractivity contribution in [2.24, 2.45) is 5.92 Å². The van der Waals surface area contributed by atoms with Crippen LogP contribution in [0.1, 0.15) is 31.0 Å². The number of carbonyl (C=O) groups excluding carboxylic acids is 2. The van der Waals surface area contributed by atoms with Gasteiger partial charge in [-0.3, -0.25) is 14.4 Å². The summed E-state index contributed by atoms with van der Waals surface area (Å²) in [4.78, 5) is 38.7. The monoisotopic (exact) mass is 395 g/mol. The first-order valence-corrected chi connectivity index (χ1v) is 9.94. The Balaban J connectivity index is 1.53. The molecule has 4 rings (SSSR count). The highest BCUT2D eigenvalue weighted by Crippen LogP contribution is 2.40. The van der Waals surface area contributed by atoms with Gasteiger partial charge in [-0.1, -0.05) is 24.3 Å². The third kappa shape index (κ3) is 4.04. The molecule has 7 heteroatoms. The van der Waals surface area contributed by atoms with Crippen molar-refractivity contribution < 1.29 is 14.3 Å². The van der Waals surface area contributed by atoms with Crippen LogP contribution in [0.5, 0.6) is 5.75 Å². The molecule has 2 aliphatic heterocycles. The van der Waals surface area contributed by atoms with Gasteiger partial charge in [0.15, 0.2) is 6.61 Å². The van der Waals surface area contributed by atoms with Crippen LogP contribution in [0.25, 0.3) is 0 Å². The highest BCUT2D eigenvalue weighted by molar-refractivity contribution is 5.78. The zero-order valence-corrected chi connectivity index (χ0v) is 16.4. The Labute approximate surface area is 169 Å². The molecule has 7 nitrogen and oxygen atoms in total. The molecule has 0 spiro atoms. The Morgan fingerprint density at radius 2 is 1.90 bits per heavy atom. The van der Waals surface area contributed by atoms with E-state index in [-0.39, 0.29) is 41.9 Å². The van der Waals surface area contributed by atoms with E-state index in [4.69, 9.17) is 4.74 Å². The van der Waals surface area contributed by atoms with Crippen molar-refractivity contribution in [3.8, 4) is 5.75 Å². The Morgan fingerprint density at radius 1 is 1.10 bits per heavy atom. The van der Waals surface area contributed by atoms with Gasteiger partial charge in [0.25, 0.3) is 11.5 Å². The minimum Gasteiger partial charge on any atom is -0.484 e. The molecule has 3 heterocycles. The van der Waals surface area contributed by atoms with Gasteiger partial charge in [0.1, 0.15) is 5.75 Å². The van der Waals surface area contributed by atoms with Crippen molar-refractivity contribution in [3.05, 3.63) is 64.6 Å². The Kier molecular flexibility index (Phi) is 5.38. The number of nitrogens with one attached hydrogen (secondary N) is 1. The SMILES string of the molecule is CC(=O)NC[C@H]1[C@H]2C[C@H](CN(C(=O)COc3ccccc3)C2)c2cccc(=O)n21. The summed E-state index contributed by atoms with van der Waals surface area (Å²) in [5.74, 6) is 0.690. The molecule has 2 aromatic rings. The van der Waals surface area contributed by atoms with E-state index in [2.05, 4.69) is 5.32 Å². The molecule has 1 aromatic carbocycles. The Morgan fingerprint density at radius 3 is 2.66 bits per heavy atom. The molecule has 3 atom stereocenters. The van der Waals surface area contributed by atoms with Gasteiger partial charge in [-0.15, -0.1) is 0 Å². The van der Waals surface area contributed by atoms with Crippen molar-refractivity contribution in [1.29, 1.82) is 0 Å². The number of hydrogen-bond donors (Lipinski definition) is 1. The maximum Gasteiger partial charge on any atom is 0.260 e. The zero-order valence-electron chi connectivity index (χ0n) is 16.4. The minimum absolute atomic E-state index is 0.0125. The maximum atomic E-state index is 12.8. The molecular formula is C22H25N3O4. The molecule has 2 amide bonds. The van der Waals surface area contributed by atoms with Crippen molar-refractivity contribution in [2.45, 2.75) is 25.3 Å². The van der Waals surface area contributed by atoms with E-state index in [1.54, 1.807) is 12.1 Å². The number of likely N-dealkylation sites (tertiary alicyclic amines) is 1. The van der Waals surface area contributed by atoms with Crippen LogP contribution in [0.2, 0.25) is 0 Å². The molecule has 2 bridgehead atoms. The number of nitrogens with zero attached hydrogens (tertiary/aromatic N) is 2. The molecule has 2 aliphatic rings. The van der Waals surface area contributed by atoms with Gasteiger partial charge >= 0.3 is 0 Å². The van der Waals surface area contributed by atoms with Crippen LogP contribution in [0, 0.1) is 5.92 Å². The van der Waals surface area contributed by atoms with Gasteiger partial charge in [-0.25, -0.2) is 0 Å². The molecule has 0 saturated carbocycles. The minimum atomic E-state index is -0.163. The summed E-state index contributed by atoms with van der Waals surface area (Å²) in [5, 5.41) is 2.85. The fraction of sp³-hybridized carbons (Fsp3) is 0.409. The van der Waals surface area contributed by atoms with Gasteiger partial charge in [0, 0.05) is 44.2 Å². The van der Waals surface area contributed by atoms with Crippen molar-refractivity contribution >= 4 is 11.8 Å².